The van der Waals surface area contributed by atoms with Crippen LogP contribution in [0.15, 0.2) is 36.8 Å². The largest absolute Gasteiger partial charge is 0.478 e. The Labute approximate surface area is 115 Å². The van der Waals surface area contributed by atoms with Gasteiger partial charge in [-0.2, -0.15) is 0 Å². The van der Waals surface area contributed by atoms with Gasteiger partial charge in [-0.15, -0.1) is 10.2 Å². The summed E-state index contributed by atoms with van der Waals surface area (Å²) < 4.78 is 7.16. The van der Waals surface area contributed by atoms with Gasteiger partial charge < -0.3 is 9.64 Å². The number of hydrogen-bond acceptors (Lipinski definition) is 6. The maximum Gasteiger partial charge on any atom is 0.257 e. The van der Waals surface area contributed by atoms with E-state index in [-0.39, 0.29) is 0 Å². The van der Waals surface area contributed by atoms with Gasteiger partial charge in [0.05, 0.1) is 13.7 Å². The first-order chi connectivity index (χ1) is 9.79. The molecule has 0 atom stereocenters. The molecule has 102 valence electrons. The molecule has 0 N–H and O–H groups in total. The van der Waals surface area contributed by atoms with Crippen molar-refractivity contribution in [1.82, 2.24) is 24.6 Å². The Morgan fingerprint density at radius 1 is 1.20 bits per heavy atom. The summed E-state index contributed by atoms with van der Waals surface area (Å²) in [6, 6.07) is 5.80. The Hall–Kier alpha value is -2.70. The van der Waals surface area contributed by atoms with Gasteiger partial charge in [0.1, 0.15) is 0 Å². The van der Waals surface area contributed by atoms with Gasteiger partial charge in [-0.1, -0.05) is 6.07 Å². The average molecular weight is 270 g/mol. The van der Waals surface area contributed by atoms with Crippen molar-refractivity contribution in [3.8, 4) is 5.88 Å². The summed E-state index contributed by atoms with van der Waals surface area (Å²) in [6.07, 6.45) is 5.17. The van der Waals surface area contributed by atoms with Crippen LogP contribution in [0.25, 0.3) is 5.65 Å². The van der Waals surface area contributed by atoms with Crippen LogP contribution >= 0.6 is 0 Å². The fourth-order valence-electron chi connectivity index (χ4n) is 2.01. The van der Waals surface area contributed by atoms with Crippen LogP contribution in [-0.2, 0) is 6.54 Å². The molecule has 0 aliphatic heterocycles. The zero-order valence-electron chi connectivity index (χ0n) is 11.3. The first-order valence-corrected chi connectivity index (χ1v) is 6.14. The maximum absolute atomic E-state index is 5.22. The number of anilines is 1. The smallest absolute Gasteiger partial charge is 0.257 e. The van der Waals surface area contributed by atoms with Crippen LogP contribution < -0.4 is 9.64 Å². The van der Waals surface area contributed by atoms with Crippen LogP contribution in [0, 0.1) is 0 Å². The predicted molar refractivity (Wildman–Crippen MR) is 73.7 cm³/mol. The summed E-state index contributed by atoms with van der Waals surface area (Å²) in [7, 11) is 3.49. The third kappa shape index (κ3) is 2.13. The molecule has 0 bridgehead atoms. The molecule has 20 heavy (non-hydrogen) atoms. The molecule has 3 heterocycles. The van der Waals surface area contributed by atoms with Gasteiger partial charge in [-0.05, 0) is 12.1 Å². The molecular formula is C13H14N6O. The summed E-state index contributed by atoms with van der Waals surface area (Å²) in [5.74, 6) is 1.99. The molecule has 0 fully saturated rings. The Morgan fingerprint density at radius 2 is 2.05 bits per heavy atom. The third-order valence-electron chi connectivity index (χ3n) is 2.96. The number of ether oxygens (including phenoxy) is 1. The summed E-state index contributed by atoms with van der Waals surface area (Å²) in [5.41, 5.74) is 0.821. The first kappa shape index (κ1) is 12.3. The van der Waals surface area contributed by atoms with E-state index in [1.807, 2.05) is 40.7 Å². The number of nitrogens with zero attached hydrogens (tertiary/aromatic N) is 6. The number of fused-ring (bicyclic) bond motifs is 1. The van der Waals surface area contributed by atoms with Crippen LogP contribution in [0.2, 0.25) is 0 Å². The lowest BCUT2D eigenvalue weighted by Crippen LogP contribution is -2.20. The lowest BCUT2D eigenvalue weighted by molar-refractivity contribution is 0.395. The van der Waals surface area contributed by atoms with Gasteiger partial charge in [-0.3, -0.25) is 4.40 Å². The van der Waals surface area contributed by atoms with Crippen LogP contribution in [0.1, 0.15) is 5.82 Å². The van der Waals surface area contributed by atoms with E-state index < -0.39 is 0 Å². The molecule has 0 aliphatic rings. The van der Waals surface area contributed by atoms with E-state index in [0.717, 1.165) is 11.5 Å². The minimum Gasteiger partial charge on any atom is -0.478 e. The molecule has 0 aromatic carbocycles. The highest BCUT2D eigenvalue weighted by atomic mass is 16.5. The first-order valence-electron chi connectivity index (χ1n) is 6.14. The van der Waals surface area contributed by atoms with Gasteiger partial charge in [0.15, 0.2) is 17.3 Å². The lowest BCUT2D eigenvalue weighted by Gasteiger charge is -2.18. The highest BCUT2D eigenvalue weighted by molar-refractivity contribution is 5.47. The Bertz CT molecular complexity index is 725. The van der Waals surface area contributed by atoms with Gasteiger partial charge in [-0.25, -0.2) is 9.97 Å². The zero-order valence-corrected chi connectivity index (χ0v) is 11.3. The molecule has 0 amide bonds. The molecule has 0 saturated carbocycles. The Morgan fingerprint density at radius 3 is 2.90 bits per heavy atom. The second-order valence-electron chi connectivity index (χ2n) is 4.29. The Kier molecular flexibility index (Phi) is 3.16. The minimum absolute atomic E-state index is 0.490. The minimum atomic E-state index is 0.490. The van der Waals surface area contributed by atoms with E-state index in [9.17, 15) is 0 Å². The molecular weight excluding hydrogens is 256 g/mol. The summed E-state index contributed by atoms with van der Waals surface area (Å²) in [6.45, 7) is 0.556. The zero-order chi connectivity index (χ0) is 13.9. The van der Waals surface area contributed by atoms with Crippen molar-refractivity contribution in [2.75, 3.05) is 19.1 Å². The molecule has 3 rings (SSSR count). The van der Waals surface area contributed by atoms with Gasteiger partial charge in [0.2, 0.25) is 0 Å². The van der Waals surface area contributed by atoms with E-state index in [2.05, 4.69) is 20.2 Å². The number of hydrogen-bond donors (Lipinski definition) is 0. The molecule has 0 aliphatic carbocycles. The molecule has 0 unspecified atom stereocenters. The van der Waals surface area contributed by atoms with E-state index in [1.165, 1.54) is 0 Å². The van der Waals surface area contributed by atoms with E-state index in [0.29, 0.717) is 18.2 Å². The summed E-state index contributed by atoms with van der Waals surface area (Å²) >= 11 is 0. The van der Waals surface area contributed by atoms with Crippen molar-refractivity contribution in [3.63, 3.8) is 0 Å². The van der Waals surface area contributed by atoms with Gasteiger partial charge in [0.25, 0.3) is 5.88 Å². The van der Waals surface area contributed by atoms with Gasteiger partial charge >= 0.3 is 0 Å². The molecule has 0 radical (unpaired) electrons. The molecule has 3 aromatic rings. The van der Waals surface area contributed by atoms with Crippen molar-refractivity contribution < 1.29 is 4.74 Å². The normalized spacial score (nSPS) is 10.7. The Balaban J connectivity index is 1.90. The predicted octanol–water partition coefficient (Wildman–Crippen LogP) is 1.16. The number of aromatic nitrogens is 5. The van der Waals surface area contributed by atoms with Crippen LogP contribution in [0.5, 0.6) is 5.88 Å². The highest BCUT2D eigenvalue weighted by Gasteiger charge is 2.14. The summed E-state index contributed by atoms with van der Waals surface area (Å²) in [5, 5.41) is 8.33. The monoisotopic (exact) mass is 270 g/mol. The van der Waals surface area contributed by atoms with Gasteiger partial charge in [0, 0.05) is 25.6 Å². The topological polar surface area (TPSA) is 68.4 Å². The van der Waals surface area contributed by atoms with Crippen LogP contribution in [0.3, 0.4) is 0 Å². The van der Waals surface area contributed by atoms with E-state index in [1.54, 1.807) is 19.5 Å². The molecule has 7 heteroatoms. The van der Waals surface area contributed by atoms with Crippen LogP contribution in [0.4, 0.5) is 5.82 Å². The lowest BCUT2D eigenvalue weighted by atomic mass is 10.4. The fourth-order valence-corrected chi connectivity index (χ4v) is 2.01. The molecule has 0 saturated heterocycles. The second kappa shape index (κ2) is 5.12. The maximum atomic E-state index is 5.22. The van der Waals surface area contributed by atoms with Crippen molar-refractivity contribution in [2.24, 2.45) is 0 Å². The quantitative estimate of drug-likeness (QED) is 0.708. The number of rotatable bonds is 4. The van der Waals surface area contributed by atoms with Crippen molar-refractivity contribution in [1.29, 1.82) is 0 Å². The SMILES string of the molecule is COc1nccnc1N(C)Cc1nnc2ccccn12. The third-order valence-corrected chi connectivity index (χ3v) is 2.96. The molecule has 3 aromatic heterocycles. The fraction of sp³-hybridized carbons (Fsp3) is 0.231. The molecule has 7 nitrogen and oxygen atoms in total. The highest BCUT2D eigenvalue weighted by Crippen LogP contribution is 2.21. The second-order valence-corrected chi connectivity index (χ2v) is 4.29. The van der Waals surface area contributed by atoms with E-state index in [4.69, 9.17) is 4.74 Å². The molecule has 0 spiro atoms. The van der Waals surface area contributed by atoms with Crippen molar-refractivity contribution in [2.45, 2.75) is 6.54 Å². The standard InChI is InChI=1S/C13H14N6O/c1-18(12-13(20-2)15-7-6-14-12)9-11-17-16-10-5-3-4-8-19(10)11/h3-8H,9H2,1-2H3. The summed E-state index contributed by atoms with van der Waals surface area (Å²) in [4.78, 5) is 10.4. The van der Waals surface area contributed by atoms with Crippen molar-refractivity contribution >= 4 is 11.5 Å². The van der Waals surface area contributed by atoms with Crippen molar-refractivity contribution in [3.05, 3.63) is 42.6 Å². The number of methoxy groups -OCH3 is 1. The van der Waals surface area contributed by atoms with E-state index >= 15 is 0 Å². The van der Waals surface area contributed by atoms with Crippen LogP contribution in [-0.4, -0.2) is 38.7 Å². The average Bonchev–Trinajstić information content (AvgIpc) is 2.90. The number of pyridine rings is 1.